The molecule has 6 nitrogen and oxygen atoms in total. The van der Waals surface area contributed by atoms with E-state index in [0.29, 0.717) is 17.9 Å². The molecule has 0 aliphatic heterocycles. The van der Waals surface area contributed by atoms with Gasteiger partial charge in [-0.2, -0.15) is 0 Å². The summed E-state index contributed by atoms with van der Waals surface area (Å²) in [4.78, 5) is 0. The van der Waals surface area contributed by atoms with E-state index < -0.39 is 10.0 Å². The Bertz CT molecular complexity index is 668. The van der Waals surface area contributed by atoms with E-state index >= 15 is 0 Å². The van der Waals surface area contributed by atoms with Crippen molar-refractivity contribution in [1.82, 2.24) is 9.88 Å². The first kappa shape index (κ1) is 15.7. The van der Waals surface area contributed by atoms with Crippen molar-refractivity contribution >= 4 is 10.0 Å². The van der Waals surface area contributed by atoms with Crippen LogP contribution in [0.2, 0.25) is 0 Å². The third kappa shape index (κ3) is 4.96. The number of nitrogens with one attached hydrogen (secondary N) is 1. The minimum Gasteiger partial charge on any atom is -0.361 e. The number of benzene rings is 1. The molecule has 7 heteroatoms. The van der Waals surface area contributed by atoms with E-state index in [1.165, 1.54) is 0 Å². The van der Waals surface area contributed by atoms with Crippen molar-refractivity contribution < 1.29 is 12.9 Å². The van der Waals surface area contributed by atoms with Gasteiger partial charge in [-0.25, -0.2) is 13.1 Å². The van der Waals surface area contributed by atoms with Gasteiger partial charge in [0.15, 0.2) is 0 Å². The summed E-state index contributed by atoms with van der Waals surface area (Å²) in [6.07, 6.45) is 0.529. The highest BCUT2D eigenvalue weighted by atomic mass is 32.2. The summed E-state index contributed by atoms with van der Waals surface area (Å²) >= 11 is 0. The van der Waals surface area contributed by atoms with Crippen LogP contribution in [0.5, 0.6) is 0 Å². The average Bonchev–Trinajstić information content (AvgIpc) is 2.84. The lowest BCUT2D eigenvalue weighted by Crippen LogP contribution is -2.28. The predicted molar refractivity (Wildman–Crippen MR) is 79.9 cm³/mol. The second-order valence-electron chi connectivity index (χ2n) is 4.89. The molecule has 0 saturated heterocycles. The van der Waals surface area contributed by atoms with Gasteiger partial charge in [-0.15, -0.1) is 0 Å². The molecule has 1 heterocycles. The van der Waals surface area contributed by atoms with Crippen LogP contribution < -0.4 is 10.5 Å². The summed E-state index contributed by atoms with van der Waals surface area (Å²) in [6, 6.07) is 11.0. The van der Waals surface area contributed by atoms with Gasteiger partial charge < -0.3 is 10.3 Å². The van der Waals surface area contributed by atoms with Crippen LogP contribution >= 0.6 is 0 Å². The molecule has 0 amide bonds. The zero-order chi connectivity index (χ0) is 15.3. The van der Waals surface area contributed by atoms with Crippen LogP contribution in [-0.2, 0) is 15.8 Å². The molecule has 1 unspecified atom stereocenters. The van der Waals surface area contributed by atoms with Crippen molar-refractivity contribution in [3.05, 3.63) is 53.4 Å². The molecule has 1 atom stereocenters. The molecule has 0 bridgehead atoms. The van der Waals surface area contributed by atoms with Gasteiger partial charge in [0.25, 0.3) is 0 Å². The lowest BCUT2D eigenvalue weighted by atomic mass is 10.1. The maximum Gasteiger partial charge on any atom is 0.217 e. The first-order valence-corrected chi connectivity index (χ1v) is 8.31. The minimum atomic E-state index is -3.43. The standard InChI is InChI=1S/C14H19N3O3S/c1-11-9-13(17-20-11)10-21(18,19)16-8-7-14(15)12-5-3-2-4-6-12/h2-6,9,14,16H,7-8,10,15H2,1H3. The Hall–Kier alpha value is -1.70. The molecule has 1 aromatic carbocycles. The fourth-order valence-electron chi connectivity index (χ4n) is 1.97. The maximum absolute atomic E-state index is 11.9. The monoisotopic (exact) mass is 309 g/mol. The van der Waals surface area contributed by atoms with Crippen LogP contribution in [0.3, 0.4) is 0 Å². The van der Waals surface area contributed by atoms with Gasteiger partial charge in [0.2, 0.25) is 10.0 Å². The van der Waals surface area contributed by atoms with Crippen molar-refractivity contribution in [3.63, 3.8) is 0 Å². The van der Waals surface area contributed by atoms with E-state index in [2.05, 4.69) is 9.88 Å². The summed E-state index contributed by atoms with van der Waals surface area (Å²) in [5, 5.41) is 3.67. The van der Waals surface area contributed by atoms with Crippen molar-refractivity contribution in [2.24, 2.45) is 5.73 Å². The van der Waals surface area contributed by atoms with Crippen molar-refractivity contribution in [2.75, 3.05) is 6.54 Å². The van der Waals surface area contributed by atoms with Gasteiger partial charge in [0.1, 0.15) is 17.2 Å². The second-order valence-corrected chi connectivity index (χ2v) is 6.70. The Kier molecular flexibility index (Phi) is 5.11. The molecule has 21 heavy (non-hydrogen) atoms. The van der Waals surface area contributed by atoms with Crippen LogP contribution in [0.15, 0.2) is 40.9 Å². The topological polar surface area (TPSA) is 98.2 Å². The van der Waals surface area contributed by atoms with Gasteiger partial charge >= 0.3 is 0 Å². The summed E-state index contributed by atoms with van der Waals surface area (Å²) < 4.78 is 31.2. The number of nitrogens with two attached hydrogens (primary N) is 1. The number of hydrogen-bond acceptors (Lipinski definition) is 5. The lowest BCUT2D eigenvalue weighted by molar-refractivity contribution is 0.392. The van der Waals surface area contributed by atoms with Crippen LogP contribution in [0.4, 0.5) is 0 Å². The zero-order valence-electron chi connectivity index (χ0n) is 11.8. The Balaban J connectivity index is 1.82. The summed E-state index contributed by atoms with van der Waals surface area (Å²) in [6.45, 7) is 2.00. The molecule has 0 aliphatic carbocycles. The number of nitrogens with zero attached hydrogens (tertiary/aromatic N) is 1. The van der Waals surface area contributed by atoms with Gasteiger partial charge in [-0.05, 0) is 18.9 Å². The first-order chi connectivity index (χ1) is 9.96. The number of aromatic nitrogens is 1. The van der Waals surface area contributed by atoms with Gasteiger partial charge in [0, 0.05) is 18.7 Å². The SMILES string of the molecule is Cc1cc(CS(=O)(=O)NCCC(N)c2ccccc2)no1. The van der Waals surface area contributed by atoms with Crippen molar-refractivity contribution in [1.29, 1.82) is 0 Å². The van der Waals surface area contributed by atoms with E-state index in [1.54, 1.807) is 13.0 Å². The highest BCUT2D eigenvalue weighted by molar-refractivity contribution is 7.88. The summed E-state index contributed by atoms with van der Waals surface area (Å²) in [7, 11) is -3.43. The molecular weight excluding hydrogens is 290 g/mol. The molecule has 0 saturated carbocycles. The highest BCUT2D eigenvalue weighted by Crippen LogP contribution is 2.12. The quantitative estimate of drug-likeness (QED) is 0.807. The molecule has 0 radical (unpaired) electrons. The Labute approximate surface area is 124 Å². The van der Waals surface area contributed by atoms with Crippen LogP contribution in [0.1, 0.15) is 29.5 Å². The molecule has 0 fully saturated rings. The predicted octanol–water partition coefficient (Wildman–Crippen LogP) is 1.49. The fourth-order valence-corrected chi connectivity index (χ4v) is 3.02. The van der Waals surface area contributed by atoms with Gasteiger partial charge in [-0.1, -0.05) is 35.5 Å². The number of rotatable bonds is 7. The smallest absolute Gasteiger partial charge is 0.217 e. The molecular formula is C14H19N3O3S. The van der Waals surface area contributed by atoms with E-state index in [0.717, 1.165) is 5.56 Å². The minimum absolute atomic E-state index is 0.190. The van der Waals surface area contributed by atoms with E-state index in [-0.39, 0.29) is 18.3 Å². The van der Waals surface area contributed by atoms with E-state index in [4.69, 9.17) is 10.3 Å². The van der Waals surface area contributed by atoms with E-state index in [9.17, 15) is 8.42 Å². The van der Waals surface area contributed by atoms with Crippen LogP contribution in [0.25, 0.3) is 0 Å². The molecule has 2 aromatic rings. The normalized spacial score (nSPS) is 13.2. The lowest BCUT2D eigenvalue weighted by Gasteiger charge is -2.12. The third-order valence-corrected chi connectivity index (χ3v) is 4.34. The Morgan fingerprint density at radius 1 is 1.33 bits per heavy atom. The van der Waals surface area contributed by atoms with Gasteiger partial charge in [0.05, 0.1) is 0 Å². The molecule has 3 N–H and O–H groups in total. The van der Waals surface area contributed by atoms with Crippen molar-refractivity contribution in [3.8, 4) is 0 Å². The molecule has 0 spiro atoms. The number of hydrogen-bond donors (Lipinski definition) is 2. The van der Waals surface area contributed by atoms with Crippen molar-refractivity contribution in [2.45, 2.75) is 25.1 Å². The maximum atomic E-state index is 11.9. The fraction of sp³-hybridized carbons (Fsp3) is 0.357. The van der Waals surface area contributed by atoms with Crippen LogP contribution in [-0.4, -0.2) is 20.1 Å². The molecule has 1 aromatic heterocycles. The number of aryl methyl sites for hydroxylation is 1. The Morgan fingerprint density at radius 2 is 2.05 bits per heavy atom. The van der Waals surface area contributed by atoms with Crippen LogP contribution in [0, 0.1) is 6.92 Å². The third-order valence-electron chi connectivity index (χ3n) is 3.02. The summed E-state index contributed by atoms with van der Waals surface area (Å²) in [5.41, 5.74) is 7.40. The molecule has 114 valence electrons. The average molecular weight is 309 g/mol. The van der Waals surface area contributed by atoms with Gasteiger partial charge in [-0.3, -0.25) is 0 Å². The molecule has 2 rings (SSSR count). The highest BCUT2D eigenvalue weighted by Gasteiger charge is 2.15. The molecule has 0 aliphatic rings. The summed E-state index contributed by atoms with van der Waals surface area (Å²) in [5.74, 6) is 0.400. The second kappa shape index (κ2) is 6.84. The first-order valence-electron chi connectivity index (χ1n) is 6.66. The largest absolute Gasteiger partial charge is 0.361 e. The number of sulfonamides is 1. The Morgan fingerprint density at radius 3 is 2.67 bits per heavy atom. The van der Waals surface area contributed by atoms with E-state index in [1.807, 2.05) is 30.3 Å². The zero-order valence-corrected chi connectivity index (χ0v) is 12.6.